The summed E-state index contributed by atoms with van der Waals surface area (Å²) in [4.78, 5) is 2.58. The summed E-state index contributed by atoms with van der Waals surface area (Å²) in [6.45, 7) is 5.64. The standard InChI is InChI=1S/C16H26N2O/c1-4-11-18(14-7-8-14)12(2)16(17)13-5-9-15(19-3)10-6-13/h5-6,9-10,12,14,16H,4,7-8,11,17H2,1-3H3. The highest BCUT2D eigenvalue weighted by molar-refractivity contribution is 5.29. The minimum absolute atomic E-state index is 0.0676. The van der Waals surface area contributed by atoms with Crippen molar-refractivity contribution < 1.29 is 4.74 Å². The summed E-state index contributed by atoms with van der Waals surface area (Å²) >= 11 is 0. The molecule has 2 atom stereocenters. The van der Waals surface area contributed by atoms with Gasteiger partial charge in [0.25, 0.3) is 0 Å². The van der Waals surface area contributed by atoms with Crippen LogP contribution in [-0.2, 0) is 0 Å². The normalized spacial score (nSPS) is 18.4. The Morgan fingerprint density at radius 2 is 1.95 bits per heavy atom. The van der Waals surface area contributed by atoms with Gasteiger partial charge in [0, 0.05) is 18.1 Å². The summed E-state index contributed by atoms with van der Waals surface area (Å²) in [5, 5.41) is 0. The molecule has 19 heavy (non-hydrogen) atoms. The van der Waals surface area contributed by atoms with Gasteiger partial charge in [-0.1, -0.05) is 19.1 Å². The lowest BCUT2D eigenvalue weighted by molar-refractivity contribution is 0.174. The first-order valence-electron chi connectivity index (χ1n) is 7.32. The molecule has 2 rings (SSSR count). The van der Waals surface area contributed by atoms with Gasteiger partial charge in [-0.05, 0) is 50.4 Å². The summed E-state index contributed by atoms with van der Waals surface area (Å²) < 4.78 is 5.19. The van der Waals surface area contributed by atoms with E-state index in [2.05, 4.69) is 30.9 Å². The lowest BCUT2D eigenvalue weighted by Crippen LogP contribution is -2.42. The molecule has 0 heterocycles. The van der Waals surface area contributed by atoms with Crippen LogP contribution in [0.5, 0.6) is 5.75 Å². The lowest BCUT2D eigenvalue weighted by atomic mass is 9.99. The highest BCUT2D eigenvalue weighted by Crippen LogP contribution is 2.32. The molecule has 2 unspecified atom stereocenters. The van der Waals surface area contributed by atoms with E-state index in [0.717, 1.165) is 18.3 Å². The van der Waals surface area contributed by atoms with Gasteiger partial charge >= 0.3 is 0 Å². The predicted octanol–water partition coefficient (Wildman–Crippen LogP) is 2.96. The van der Waals surface area contributed by atoms with Crippen LogP contribution >= 0.6 is 0 Å². The Labute approximate surface area is 116 Å². The van der Waals surface area contributed by atoms with Crippen LogP contribution in [0, 0.1) is 0 Å². The molecule has 1 aromatic rings. The Hall–Kier alpha value is -1.06. The maximum absolute atomic E-state index is 6.44. The van der Waals surface area contributed by atoms with E-state index >= 15 is 0 Å². The van der Waals surface area contributed by atoms with Crippen LogP contribution in [0.2, 0.25) is 0 Å². The Morgan fingerprint density at radius 3 is 2.42 bits per heavy atom. The van der Waals surface area contributed by atoms with Gasteiger partial charge in [0.15, 0.2) is 0 Å². The molecule has 1 saturated carbocycles. The monoisotopic (exact) mass is 262 g/mol. The van der Waals surface area contributed by atoms with Crippen LogP contribution in [0.25, 0.3) is 0 Å². The molecule has 0 aliphatic heterocycles. The molecule has 2 N–H and O–H groups in total. The van der Waals surface area contributed by atoms with E-state index in [1.54, 1.807) is 7.11 Å². The van der Waals surface area contributed by atoms with E-state index < -0.39 is 0 Å². The number of nitrogens with two attached hydrogens (primary N) is 1. The van der Waals surface area contributed by atoms with Crippen LogP contribution in [0.1, 0.15) is 44.7 Å². The molecular weight excluding hydrogens is 236 g/mol. The number of nitrogens with zero attached hydrogens (tertiary/aromatic N) is 1. The summed E-state index contributed by atoms with van der Waals surface area (Å²) in [5.41, 5.74) is 7.63. The largest absolute Gasteiger partial charge is 0.497 e. The van der Waals surface area contributed by atoms with Gasteiger partial charge < -0.3 is 10.5 Å². The van der Waals surface area contributed by atoms with Crippen molar-refractivity contribution >= 4 is 0 Å². The number of hydrogen-bond acceptors (Lipinski definition) is 3. The minimum atomic E-state index is 0.0676. The topological polar surface area (TPSA) is 38.5 Å². The Bertz CT molecular complexity index is 386. The van der Waals surface area contributed by atoms with Gasteiger partial charge in [0.1, 0.15) is 5.75 Å². The summed E-state index contributed by atoms with van der Waals surface area (Å²) in [7, 11) is 1.69. The lowest BCUT2D eigenvalue weighted by Gasteiger charge is -2.33. The fraction of sp³-hybridized carbons (Fsp3) is 0.625. The SMILES string of the molecule is CCCN(C1CC1)C(C)C(N)c1ccc(OC)cc1. The third-order valence-corrected chi connectivity index (χ3v) is 4.04. The molecule has 0 aromatic heterocycles. The van der Waals surface area contributed by atoms with E-state index in [4.69, 9.17) is 10.5 Å². The average Bonchev–Trinajstić information content (AvgIpc) is 3.28. The van der Waals surface area contributed by atoms with E-state index in [0.29, 0.717) is 6.04 Å². The predicted molar refractivity (Wildman–Crippen MR) is 79.4 cm³/mol. The first-order valence-corrected chi connectivity index (χ1v) is 7.32. The van der Waals surface area contributed by atoms with E-state index in [9.17, 15) is 0 Å². The fourth-order valence-electron chi connectivity index (χ4n) is 2.69. The molecule has 0 amide bonds. The van der Waals surface area contributed by atoms with E-state index in [1.807, 2.05) is 12.1 Å². The summed E-state index contributed by atoms with van der Waals surface area (Å²) in [5.74, 6) is 0.885. The zero-order valence-corrected chi connectivity index (χ0v) is 12.3. The average molecular weight is 262 g/mol. The Kier molecular flexibility index (Phi) is 4.83. The third kappa shape index (κ3) is 3.48. The maximum atomic E-state index is 6.44. The zero-order chi connectivity index (χ0) is 13.8. The van der Waals surface area contributed by atoms with Crippen molar-refractivity contribution in [2.75, 3.05) is 13.7 Å². The minimum Gasteiger partial charge on any atom is -0.497 e. The van der Waals surface area contributed by atoms with E-state index in [1.165, 1.54) is 24.8 Å². The van der Waals surface area contributed by atoms with Gasteiger partial charge in [-0.2, -0.15) is 0 Å². The number of hydrogen-bond donors (Lipinski definition) is 1. The van der Waals surface area contributed by atoms with Crippen LogP contribution in [0.3, 0.4) is 0 Å². The molecule has 1 fully saturated rings. The summed E-state index contributed by atoms with van der Waals surface area (Å²) in [6.07, 6.45) is 3.86. The third-order valence-electron chi connectivity index (χ3n) is 4.04. The second-order valence-electron chi connectivity index (χ2n) is 5.51. The summed E-state index contributed by atoms with van der Waals surface area (Å²) in [6, 6.07) is 9.36. The number of rotatable bonds is 7. The number of methoxy groups -OCH3 is 1. The molecule has 106 valence electrons. The zero-order valence-electron chi connectivity index (χ0n) is 12.3. The number of ether oxygens (including phenoxy) is 1. The highest BCUT2D eigenvalue weighted by atomic mass is 16.5. The van der Waals surface area contributed by atoms with Gasteiger partial charge in [-0.3, -0.25) is 4.90 Å². The van der Waals surface area contributed by atoms with Crippen molar-refractivity contribution in [3.63, 3.8) is 0 Å². The first kappa shape index (κ1) is 14.4. The molecule has 0 bridgehead atoms. The van der Waals surface area contributed by atoms with Crippen LogP contribution < -0.4 is 10.5 Å². The van der Waals surface area contributed by atoms with Crippen molar-refractivity contribution in [2.45, 2.75) is 51.2 Å². The van der Waals surface area contributed by atoms with Crippen molar-refractivity contribution in [3.8, 4) is 5.75 Å². The van der Waals surface area contributed by atoms with Crippen LogP contribution in [-0.4, -0.2) is 30.6 Å². The molecule has 1 aliphatic carbocycles. The highest BCUT2D eigenvalue weighted by Gasteiger charge is 2.33. The second kappa shape index (κ2) is 6.40. The second-order valence-corrected chi connectivity index (χ2v) is 5.51. The molecule has 0 saturated heterocycles. The maximum Gasteiger partial charge on any atom is 0.118 e. The molecule has 3 nitrogen and oxygen atoms in total. The number of benzene rings is 1. The van der Waals surface area contributed by atoms with Crippen LogP contribution in [0.4, 0.5) is 0 Å². The fourth-order valence-corrected chi connectivity index (χ4v) is 2.69. The molecule has 0 spiro atoms. The molecular formula is C16H26N2O. The molecule has 1 aromatic carbocycles. The van der Waals surface area contributed by atoms with Gasteiger partial charge in [0.2, 0.25) is 0 Å². The van der Waals surface area contributed by atoms with Crippen molar-refractivity contribution in [3.05, 3.63) is 29.8 Å². The van der Waals surface area contributed by atoms with Gasteiger partial charge in [-0.15, -0.1) is 0 Å². The van der Waals surface area contributed by atoms with Crippen molar-refractivity contribution in [1.29, 1.82) is 0 Å². The van der Waals surface area contributed by atoms with Gasteiger partial charge in [-0.25, -0.2) is 0 Å². The Balaban J connectivity index is 2.05. The quantitative estimate of drug-likeness (QED) is 0.821. The molecule has 3 heteroatoms. The smallest absolute Gasteiger partial charge is 0.118 e. The van der Waals surface area contributed by atoms with E-state index in [-0.39, 0.29) is 6.04 Å². The van der Waals surface area contributed by atoms with Gasteiger partial charge in [0.05, 0.1) is 7.11 Å². The Morgan fingerprint density at radius 1 is 1.32 bits per heavy atom. The molecule has 1 aliphatic rings. The van der Waals surface area contributed by atoms with Crippen molar-refractivity contribution in [1.82, 2.24) is 4.90 Å². The van der Waals surface area contributed by atoms with Crippen LogP contribution in [0.15, 0.2) is 24.3 Å². The van der Waals surface area contributed by atoms with Crippen molar-refractivity contribution in [2.24, 2.45) is 5.73 Å². The first-order chi connectivity index (χ1) is 9.17. The molecule has 0 radical (unpaired) electrons.